The molecule has 0 aliphatic carbocycles. The molecule has 0 unspecified atom stereocenters. The van der Waals surface area contributed by atoms with Crippen molar-refractivity contribution in [2.24, 2.45) is 16.7 Å². The first-order chi connectivity index (χ1) is 6.63. The molecule has 0 aromatic heterocycles. The zero-order valence-corrected chi connectivity index (χ0v) is 9.61. The Morgan fingerprint density at radius 3 is 2.93 bits per heavy atom. The quantitative estimate of drug-likeness (QED) is 0.376. The summed E-state index contributed by atoms with van der Waals surface area (Å²) < 4.78 is 13.7. The predicted molar refractivity (Wildman–Crippen MR) is 61.2 cm³/mol. The molecule has 0 heterocycles. The Kier molecular flexibility index (Phi) is 4.21. The lowest BCUT2D eigenvalue weighted by Crippen LogP contribution is -2.09. The maximum atomic E-state index is 12.8. The average molecular weight is 278 g/mol. The van der Waals surface area contributed by atoms with Crippen molar-refractivity contribution in [3.05, 3.63) is 34.1 Å². The molecule has 0 aliphatic rings. The second kappa shape index (κ2) is 5.21. The number of nitrogens with two attached hydrogens (primary N) is 2. The van der Waals surface area contributed by atoms with Crippen molar-refractivity contribution in [1.82, 2.24) is 0 Å². The van der Waals surface area contributed by atoms with E-state index < -0.39 is 0 Å². The standard InChI is InChI=1S/C8H9BrFN3S/c9-7-2-1-6(10)3-5(7)4-14-8(11)13-12/h1-3H,4,12H2,(H2,11,13). The van der Waals surface area contributed by atoms with Gasteiger partial charge < -0.3 is 11.6 Å². The minimum atomic E-state index is -0.271. The van der Waals surface area contributed by atoms with Gasteiger partial charge in [0.05, 0.1) is 0 Å². The molecular formula is C8H9BrFN3S. The molecule has 0 bridgehead atoms. The molecule has 0 aliphatic heterocycles. The van der Waals surface area contributed by atoms with E-state index in [2.05, 4.69) is 21.0 Å². The zero-order chi connectivity index (χ0) is 10.6. The second-order valence-corrected chi connectivity index (χ2v) is 4.34. The highest BCUT2D eigenvalue weighted by Crippen LogP contribution is 2.22. The average Bonchev–Trinajstić information content (AvgIpc) is 2.19. The van der Waals surface area contributed by atoms with E-state index in [1.54, 1.807) is 6.07 Å². The molecule has 4 N–H and O–H groups in total. The molecule has 0 atom stereocenters. The van der Waals surface area contributed by atoms with Crippen LogP contribution in [0.4, 0.5) is 4.39 Å². The summed E-state index contributed by atoms with van der Waals surface area (Å²) in [7, 11) is 0. The summed E-state index contributed by atoms with van der Waals surface area (Å²) in [6.07, 6.45) is 0. The van der Waals surface area contributed by atoms with Crippen molar-refractivity contribution in [3.8, 4) is 0 Å². The number of hydrogen-bond acceptors (Lipinski definition) is 3. The molecule has 1 rings (SSSR count). The Morgan fingerprint density at radius 2 is 2.29 bits per heavy atom. The van der Waals surface area contributed by atoms with Gasteiger partial charge in [-0.1, -0.05) is 27.7 Å². The van der Waals surface area contributed by atoms with Gasteiger partial charge in [0.15, 0.2) is 5.17 Å². The highest BCUT2D eigenvalue weighted by atomic mass is 79.9. The van der Waals surface area contributed by atoms with Crippen LogP contribution in [0.15, 0.2) is 27.8 Å². The largest absolute Gasteiger partial charge is 0.377 e. The van der Waals surface area contributed by atoms with Crippen LogP contribution in [0, 0.1) is 5.82 Å². The Hall–Kier alpha value is -0.750. The van der Waals surface area contributed by atoms with Gasteiger partial charge in [-0.3, -0.25) is 0 Å². The van der Waals surface area contributed by atoms with E-state index in [-0.39, 0.29) is 11.0 Å². The Balaban J connectivity index is 2.71. The summed E-state index contributed by atoms with van der Waals surface area (Å²) >= 11 is 4.57. The van der Waals surface area contributed by atoms with Gasteiger partial charge in [-0.05, 0) is 23.8 Å². The fourth-order valence-corrected chi connectivity index (χ4v) is 2.03. The van der Waals surface area contributed by atoms with Gasteiger partial charge in [0.2, 0.25) is 0 Å². The monoisotopic (exact) mass is 277 g/mol. The lowest BCUT2D eigenvalue weighted by atomic mass is 10.2. The maximum absolute atomic E-state index is 12.8. The fraction of sp³-hybridized carbons (Fsp3) is 0.125. The molecule has 0 spiro atoms. The first-order valence-electron chi connectivity index (χ1n) is 3.73. The van der Waals surface area contributed by atoms with Crippen molar-refractivity contribution in [2.75, 3.05) is 0 Å². The Bertz CT molecular complexity index is 356. The SMILES string of the molecule is NN=C(N)SCc1cc(F)ccc1Br. The minimum Gasteiger partial charge on any atom is -0.377 e. The molecule has 0 saturated carbocycles. The van der Waals surface area contributed by atoms with Crippen LogP contribution >= 0.6 is 27.7 Å². The van der Waals surface area contributed by atoms with Gasteiger partial charge in [-0.15, -0.1) is 0 Å². The lowest BCUT2D eigenvalue weighted by molar-refractivity contribution is 0.626. The highest BCUT2D eigenvalue weighted by molar-refractivity contribution is 9.10. The molecule has 0 radical (unpaired) electrons. The van der Waals surface area contributed by atoms with Gasteiger partial charge in [-0.25, -0.2) is 4.39 Å². The summed E-state index contributed by atoms with van der Waals surface area (Å²) in [5.41, 5.74) is 6.21. The van der Waals surface area contributed by atoms with Crippen LogP contribution < -0.4 is 11.6 Å². The highest BCUT2D eigenvalue weighted by Gasteiger charge is 2.03. The number of halogens is 2. The summed E-state index contributed by atoms with van der Waals surface area (Å²) in [4.78, 5) is 0. The summed E-state index contributed by atoms with van der Waals surface area (Å²) in [5.74, 6) is 5.22. The topological polar surface area (TPSA) is 64.4 Å². The summed E-state index contributed by atoms with van der Waals surface area (Å²) in [6, 6.07) is 4.49. The molecule has 0 saturated heterocycles. The van der Waals surface area contributed by atoms with Crippen LogP contribution in [-0.4, -0.2) is 5.17 Å². The van der Waals surface area contributed by atoms with Crippen LogP contribution in [0.5, 0.6) is 0 Å². The van der Waals surface area contributed by atoms with Gasteiger partial charge in [0, 0.05) is 10.2 Å². The van der Waals surface area contributed by atoms with Crippen molar-refractivity contribution in [1.29, 1.82) is 0 Å². The van der Waals surface area contributed by atoms with Crippen molar-refractivity contribution < 1.29 is 4.39 Å². The van der Waals surface area contributed by atoms with Crippen molar-refractivity contribution >= 4 is 32.9 Å². The molecular weight excluding hydrogens is 269 g/mol. The lowest BCUT2D eigenvalue weighted by Gasteiger charge is -2.03. The third-order valence-corrected chi connectivity index (χ3v) is 3.14. The number of benzene rings is 1. The van der Waals surface area contributed by atoms with Gasteiger partial charge >= 0.3 is 0 Å². The van der Waals surface area contributed by atoms with Gasteiger partial charge in [0.1, 0.15) is 5.82 Å². The predicted octanol–water partition coefficient (Wildman–Crippen LogP) is 2.01. The molecule has 0 amide bonds. The Morgan fingerprint density at radius 1 is 1.57 bits per heavy atom. The summed E-state index contributed by atoms with van der Waals surface area (Å²) in [5, 5.41) is 3.58. The first kappa shape index (κ1) is 11.3. The molecule has 3 nitrogen and oxygen atoms in total. The van der Waals surface area contributed by atoms with Crippen molar-refractivity contribution in [2.45, 2.75) is 5.75 Å². The van der Waals surface area contributed by atoms with E-state index in [0.717, 1.165) is 10.0 Å². The van der Waals surface area contributed by atoms with Gasteiger partial charge in [-0.2, -0.15) is 5.10 Å². The number of rotatable bonds is 2. The number of nitrogens with zero attached hydrogens (tertiary/aromatic N) is 1. The number of hydrogen-bond donors (Lipinski definition) is 2. The molecule has 0 fully saturated rings. The fourth-order valence-electron chi connectivity index (χ4n) is 0.843. The van der Waals surface area contributed by atoms with E-state index in [0.29, 0.717) is 5.75 Å². The van der Waals surface area contributed by atoms with E-state index in [4.69, 9.17) is 11.6 Å². The molecule has 6 heteroatoms. The smallest absolute Gasteiger partial charge is 0.177 e. The molecule has 76 valence electrons. The molecule has 14 heavy (non-hydrogen) atoms. The third-order valence-electron chi connectivity index (χ3n) is 1.51. The van der Waals surface area contributed by atoms with E-state index >= 15 is 0 Å². The second-order valence-electron chi connectivity index (χ2n) is 2.49. The van der Waals surface area contributed by atoms with E-state index in [1.807, 2.05) is 0 Å². The maximum Gasteiger partial charge on any atom is 0.177 e. The third kappa shape index (κ3) is 3.19. The van der Waals surface area contributed by atoms with Crippen LogP contribution in [-0.2, 0) is 5.75 Å². The van der Waals surface area contributed by atoms with Crippen LogP contribution in [0.1, 0.15) is 5.56 Å². The molecule has 1 aromatic carbocycles. The van der Waals surface area contributed by atoms with Crippen LogP contribution in [0.3, 0.4) is 0 Å². The van der Waals surface area contributed by atoms with Crippen LogP contribution in [0.25, 0.3) is 0 Å². The zero-order valence-electron chi connectivity index (χ0n) is 7.21. The van der Waals surface area contributed by atoms with Gasteiger partial charge in [0.25, 0.3) is 0 Å². The number of amidine groups is 1. The minimum absolute atomic E-state index is 0.271. The molecule has 1 aromatic rings. The van der Waals surface area contributed by atoms with Crippen molar-refractivity contribution in [3.63, 3.8) is 0 Å². The first-order valence-corrected chi connectivity index (χ1v) is 5.51. The normalized spacial score (nSPS) is 11.7. The van der Waals surface area contributed by atoms with Crippen LogP contribution in [0.2, 0.25) is 0 Å². The van der Waals surface area contributed by atoms with E-state index in [9.17, 15) is 4.39 Å². The summed E-state index contributed by atoms with van der Waals surface area (Å²) in [6.45, 7) is 0. The van der Waals surface area contributed by atoms with E-state index in [1.165, 1.54) is 23.9 Å². The Labute approximate surface area is 93.9 Å². The number of thioether (sulfide) groups is 1. The number of hydrazone groups is 1.